The molecule has 13 heteroatoms. The Morgan fingerprint density at radius 1 is 1.04 bits per heavy atom. The number of halogens is 1. The fraction of sp³-hybridized carbons (Fsp3) is 0.559. The van der Waals surface area contributed by atoms with Gasteiger partial charge in [0.1, 0.15) is 11.7 Å². The van der Waals surface area contributed by atoms with E-state index in [1.807, 2.05) is 0 Å². The first kappa shape index (κ1) is 38.1. The summed E-state index contributed by atoms with van der Waals surface area (Å²) in [6, 6.07) is 10.9. The summed E-state index contributed by atoms with van der Waals surface area (Å²) in [5, 5.41) is 6.08. The highest BCUT2D eigenvalue weighted by Crippen LogP contribution is 2.31. The molecule has 260 valence electrons. The first-order valence-corrected chi connectivity index (χ1v) is 18.1. The van der Waals surface area contributed by atoms with Gasteiger partial charge in [-0.25, -0.2) is 18.0 Å². The third kappa shape index (κ3) is 12.6. The standard InChI is InChI=1S/C34H48ClN3O8S/c1-34(2,3)46-33(41)38(4)22-28(17-23-11-8-7-9-12-23)37-31(39)26-18-25(20-29(21-26)47(6,42)43)30(24-13-10-14-27(35)19-24)45-16-15-36-32(40)44-5/h10,13-14,18-21,23,28,30H,7-9,11-12,15-17,22H2,1-6H3,(H,36,40)(H,37,39)/t28-,30?/m0/s1. The number of rotatable bonds is 13. The van der Waals surface area contributed by atoms with E-state index in [4.69, 9.17) is 21.1 Å². The number of nitrogens with zero attached hydrogens (tertiary/aromatic N) is 1. The molecule has 1 aliphatic rings. The van der Waals surface area contributed by atoms with Crippen LogP contribution in [0.2, 0.25) is 5.02 Å². The lowest BCUT2D eigenvalue weighted by Gasteiger charge is -2.31. The normalized spacial score (nSPS) is 15.3. The van der Waals surface area contributed by atoms with Crippen LogP contribution in [0.3, 0.4) is 0 Å². The summed E-state index contributed by atoms with van der Waals surface area (Å²) in [4.78, 5) is 39.7. The van der Waals surface area contributed by atoms with Gasteiger partial charge in [-0.05, 0) is 74.6 Å². The Bertz CT molecular complexity index is 1490. The molecule has 0 heterocycles. The molecule has 2 aromatic carbocycles. The van der Waals surface area contributed by atoms with E-state index in [0.717, 1.165) is 31.9 Å². The van der Waals surface area contributed by atoms with Crippen molar-refractivity contribution in [2.24, 2.45) is 5.92 Å². The molecular formula is C34H48ClN3O8S. The van der Waals surface area contributed by atoms with E-state index in [2.05, 4.69) is 15.4 Å². The largest absolute Gasteiger partial charge is 0.453 e. The molecule has 0 saturated heterocycles. The Kier molecular flexibility index (Phi) is 13.9. The molecule has 0 aromatic heterocycles. The average molecular weight is 694 g/mol. The zero-order valence-electron chi connectivity index (χ0n) is 28.1. The summed E-state index contributed by atoms with van der Waals surface area (Å²) < 4.78 is 42.0. The summed E-state index contributed by atoms with van der Waals surface area (Å²) in [6.07, 6.45) is 5.30. The minimum atomic E-state index is -3.75. The van der Waals surface area contributed by atoms with Crippen molar-refractivity contribution in [3.63, 3.8) is 0 Å². The second kappa shape index (κ2) is 17.2. The lowest BCUT2D eigenvalue weighted by Crippen LogP contribution is -2.46. The summed E-state index contributed by atoms with van der Waals surface area (Å²) in [5.74, 6) is -0.0921. The number of alkyl carbamates (subject to hydrolysis) is 1. The number of likely N-dealkylation sites (N-methyl/N-ethyl adjacent to an activating group) is 1. The zero-order valence-corrected chi connectivity index (χ0v) is 29.7. The second-order valence-electron chi connectivity index (χ2n) is 13.1. The van der Waals surface area contributed by atoms with Crippen molar-refractivity contribution in [2.75, 3.05) is 40.1 Å². The molecule has 1 aliphatic carbocycles. The summed E-state index contributed by atoms with van der Waals surface area (Å²) in [6.45, 7) is 5.78. The lowest BCUT2D eigenvalue weighted by molar-refractivity contribution is 0.0274. The van der Waals surface area contributed by atoms with Crippen molar-refractivity contribution in [3.8, 4) is 0 Å². The predicted molar refractivity (Wildman–Crippen MR) is 181 cm³/mol. The Morgan fingerprint density at radius 3 is 2.36 bits per heavy atom. The van der Waals surface area contributed by atoms with E-state index >= 15 is 0 Å². The van der Waals surface area contributed by atoms with E-state index in [1.54, 1.807) is 58.2 Å². The van der Waals surface area contributed by atoms with Crippen molar-refractivity contribution < 1.29 is 37.0 Å². The van der Waals surface area contributed by atoms with Gasteiger partial charge in [-0.3, -0.25) is 4.79 Å². The van der Waals surface area contributed by atoms with Crippen molar-refractivity contribution >= 4 is 39.5 Å². The molecule has 1 fully saturated rings. The van der Waals surface area contributed by atoms with Crippen LogP contribution >= 0.6 is 11.6 Å². The van der Waals surface area contributed by atoms with Crippen LogP contribution in [0, 0.1) is 5.92 Å². The number of methoxy groups -OCH3 is 1. The highest BCUT2D eigenvalue weighted by atomic mass is 35.5. The molecule has 0 radical (unpaired) electrons. The molecule has 1 unspecified atom stereocenters. The van der Waals surface area contributed by atoms with Gasteiger partial charge in [0, 0.05) is 43.0 Å². The van der Waals surface area contributed by atoms with E-state index in [0.29, 0.717) is 28.5 Å². The van der Waals surface area contributed by atoms with Gasteiger partial charge in [-0.2, -0.15) is 0 Å². The number of ether oxygens (including phenoxy) is 3. The first-order valence-electron chi connectivity index (χ1n) is 15.8. The van der Waals surface area contributed by atoms with Gasteiger partial charge >= 0.3 is 12.2 Å². The molecule has 0 spiro atoms. The molecule has 3 amide bonds. The maximum Gasteiger partial charge on any atom is 0.410 e. The van der Waals surface area contributed by atoms with Gasteiger partial charge in [0.05, 0.1) is 18.6 Å². The maximum absolute atomic E-state index is 13.9. The van der Waals surface area contributed by atoms with Crippen molar-refractivity contribution in [2.45, 2.75) is 81.9 Å². The summed E-state index contributed by atoms with van der Waals surface area (Å²) in [5.41, 5.74) is 0.488. The lowest BCUT2D eigenvalue weighted by atomic mass is 9.84. The molecule has 11 nitrogen and oxygen atoms in total. The van der Waals surface area contributed by atoms with Gasteiger partial charge in [0.25, 0.3) is 5.91 Å². The number of carbonyl (C=O) groups excluding carboxylic acids is 3. The Morgan fingerprint density at radius 2 is 1.74 bits per heavy atom. The number of amides is 3. The predicted octanol–water partition coefficient (Wildman–Crippen LogP) is 6.14. The minimum Gasteiger partial charge on any atom is -0.453 e. The number of nitrogens with one attached hydrogen (secondary N) is 2. The second-order valence-corrected chi connectivity index (χ2v) is 15.5. The number of hydrogen-bond acceptors (Lipinski definition) is 8. The number of benzene rings is 2. The van der Waals surface area contributed by atoms with Gasteiger partial charge in [-0.15, -0.1) is 0 Å². The van der Waals surface area contributed by atoms with Crippen LogP contribution in [0.5, 0.6) is 0 Å². The monoisotopic (exact) mass is 693 g/mol. The summed E-state index contributed by atoms with van der Waals surface area (Å²) >= 11 is 6.29. The van der Waals surface area contributed by atoms with Crippen LogP contribution in [0.15, 0.2) is 47.4 Å². The van der Waals surface area contributed by atoms with Crippen molar-refractivity contribution in [1.82, 2.24) is 15.5 Å². The summed E-state index contributed by atoms with van der Waals surface area (Å²) in [7, 11) is -0.858. The van der Waals surface area contributed by atoms with Crippen LogP contribution in [-0.4, -0.2) is 83.2 Å². The number of hydrogen-bond donors (Lipinski definition) is 2. The van der Waals surface area contributed by atoms with Gasteiger partial charge < -0.3 is 29.7 Å². The molecule has 2 N–H and O–H groups in total. The number of sulfone groups is 1. The molecule has 0 bridgehead atoms. The van der Waals surface area contributed by atoms with Gasteiger partial charge in [0.2, 0.25) is 0 Å². The molecule has 2 atom stereocenters. The molecule has 1 saturated carbocycles. The van der Waals surface area contributed by atoms with E-state index in [9.17, 15) is 22.8 Å². The van der Waals surface area contributed by atoms with Gasteiger partial charge in [-0.1, -0.05) is 55.8 Å². The quantitative estimate of drug-likeness (QED) is 0.239. The Balaban J connectivity index is 1.96. The molecule has 0 aliphatic heterocycles. The topological polar surface area (TPSA) is 140 Å². The Hall–Kier alpha value is -3.35. The van der Waals surface area contributed by atoms with Crippen molar-refractivity contribution in [3.05, 3.63) is 64.2 Å². The van der Waals surface area contributed by atoms with Crippen LogP contribution in [0.4, 0.5) is 9.59 Å². The molecule has 47 heavy (non-hydrogen) atoms. The van der Waals surface area contributed by atoms with Crippen LogP contribution in [0.1, 0.15) is 86.9 Å². The van der Waals surface area contributed by atoms with E-state index < -0.39 is 45.7 Å². The van der Waals surface area contributed by atoms with E-state index in [-0.39, 0.29) is 30.2 Å². The number of carbonyl (C=O) groups is 3. The highest BCUT2D eigenvalue weighted by molar-refractivity contribution is 7.90. The fourth-order valence-corrected chi connectivity index (χ4v) is 6.48. The third-order valence-corrected chi connectivity index (χ3v) is 9.12. The third-order valence-electron chi connectivity index (χ3n) is 7.79. The Labute approximate surface area is 283 Å². The average Bonchev–Trinajstić information content (AvgIpc) is 2.99. The molecular weight excluding hydrogens is 646 g/mol. The zero-order chi connectivity index (χ0) is 34.8. The highest BCUT2D eigenvalue weighted by Gasteiger charge is 2.27. The molecule has 2 aromatic rings. The van der Waals surface area contributed by atoms with Gasteiger partial charge in [0.15, 0.2) is 9.84 Å². The molecule has 3 rings (SSSR count). The fourth-order valence-electron chi connectivity index (χ4n) is 5.59. The van der Waals surface area contributed by atoms with Crippen molar-refractivity contribution in [1.29, 1.82) is 0 Å². The minimum absolute atomic E-state index is 0.0530. The van der Waals surface area contributed by atoms with Crippen LogP contribution in [-0.2, 0) is 24.0 Å². The van der Waals surface area contributed by atoms with E-state index in [1.165, 1.54) is 30.6 Å². The smallest absolute Gasteiger partial charge is 0.410 e. The van der Waals surface area contributed by atoms with Crippen LogP contribution in [0.25, 0.3) is 0 Å². The first-order chi connectivity index (χ1) is 22.1. The maximum atomic E-state index is 13.9. The SMILES string of the molecule is COC(=O)NCCOC(c1cccc(Cl)c1)c1cc(C(=O)N[C@@H](CC2CCCCC2)CN(C)C(=O)OC(C)(C)C)cc(S(C)(=O)=O)c1. The van der Waals surface area contributed by atoms with Crippen LogP contribution < -0.4 is 10.6 Å².